The highest BCUT2D eigenvalue weighted by molar-refractivity contribution is 4.80. The largest absolute Gasteiger partial charge is 0.393 e. The van der Waals surface area contributed by atoms with E-state index in [1.807, 2.05) is 0 Å². The van der Waals surface area contributed by atoms with E-state index in [2.05, 4.69) is 27.7 Å². The molecule has 1 heteroatoms. The number of rotatable bonds is 2. The van der Waals surface area contributed by atoms with E-state index in [1.165, 1.54) is 32.1 Å². The predicted octanol–water partition coefficient (Wildman–Crippen LogP) is 4.00. The Balaban J connectivity index is 2.49. The molecular weight excluding hydrogens is 184 g/mol. The van der Waals surface area contributed by atoms with Gasteiger partial charge in [-0.25, -0.2) is 0 Å². The summed E-state index contributed by atoms with van der Waals surface area (Å²) >= 11 is 0. The van der Waals surface area contributed by atoms with Crippen LogP contribution in [-0.2, 0) is 0 Å². The van der Waals surface area contributed by atoms with Crippen LogP contribution in [0.3, 0.4) is 0 Å². The summed E-state index contributed by atoms with van der Waals surface area (Å²) in [5.41, 5.74) is 0.450. The summed E-state index contributed by atoms with van der Waals surface area (Å²) in [6.07, 6.45) is 7.32. The van der Waals surface area contributed by atoms with Crippen molar-refractivity contribution in [3.05, 3.63) is 0 Å². The Morgan fingerprint density at radius 3 is 2.33 bits per heavy atom. The Kier molecular flexibility index (Phi) is 4.64. The van der Waals surface area contributed by atoms with E-state index >= 15 is 0 Å². The minimum absolute atomic E-state index is 0.0521. The van der Waals surface area contributed by atoms with Crippen LogP contribution in [-0.4, -0.2) is 11.2 Å². The van der Waals surface area contributed by atoms with Crippen LogP contribution in [0.5, 0.6) is 0 Å². The van der Waals surface area contributed by atoms with E-state index in [4.69, 9.17) is 0 Å². The van der Waals surface area contributed by atoms with Crippen molar-refractivity contribution in [3.63, 3.8) is 0 Å². The summed E-state index contributed by atoms with van der Waals surface area (Å²) in [6.45, 7) is 9.16. The molecule has 1 aliphatic carbocycles. The normalized spacial score (nSPS) is 31.0. The van der Waals surface area contributed by atoms with Gasteiger partial charge in [0, 0.05) is 0 Å². The summed E-state index contributed by atoms with van der Waals surface area (Å²) in [5, 5.41) is 9.90. The molecule has 0 spiro atoms. The molecule has 0 radical (unpaired) electrons. The van der Waals surface area contributed by atoms with Crippen molar-refractivity contribution >= 4 is 0 Å². The lowest BCUT2D eigenvalue weighted by molar-refractivity contribution is 0.0923. The van der Waals surface area contributed by atoms with E-state index in [0.717, 1.165) is 12.3 Å². The summed E-state index contributed by atoms with van der Waals surface area (Å²) in [6, 6.07) is 0. The Labute approximate surface area is 95.3 Å². The van der Waals surface area contributed by atoms with E-state index in [-0.39, 0.29) is 6.10 Å². The fraction of sp³-hybridized carbons (Fsp3) is 1.00. The minimum Gasteiger partial charge on any atom is -0.393 e. The van der Waals surface area contributed by atoms with Crippen LogP contribution in [0.15, 0.2) is 0 Å². The lowest BCUT2D eigenvalue weighted by Crippen LogP contribution is -2.21. The standard InChI is InChI=1S/C14H28O/c1-5-13(15)11-7-6-8-12(10-9-11)14(2,3)4/h11-13,15H,5-10H2,1-4H3. The predicted molar refractivity (Wildman–Crippen MR) is 65.8 cm³/mol. The smallest absolute Gasteiger partial charge is 0.0565 e. The maximum atomic E-state index is 9.90. The molecular formula is C14H28O. The van der Waals surface area contributed by atoms with Gasteiger partial charge in [-0.05, 0) is 49.4 Å². The molecule has 1 N–H and O–H groups in total. The van der Waals surface area contributed by atoms with Crippen molar-refractivity contribution < 1.29 is 5.11 Å². The average Bonchev–Trinajstić information content (AvgIpc) is 2.40. The molecule has 0 heterocycles. The van der Waals surface area contributed by atoms with E-state index in [0.29, 0.717) is 11.3 Å². The molecule has 1 nitrogen and oxygen atoms in total. The van der Waals surface area contributed by atoms with Crippen LogP contribution in [0.4, 0.5) is 0 Å². The summed E-state index contributed by atoms with van der Waals surface area (Å²) in [4.78, 5) is 0. The molecule has 0 bridgehead atoms. The molecule has 3 atom stereocenters. The number of aliphatic hydroxyl groups excluding tert-OH is 1. The molecule has 1 fully saturated rings. The third kappa shape index (κ3) is 3.79. The first kappa shape index (κ1) is 13.0. The minimum atomic E-state index is -0.0521. The average molecular weight is 212 g/mol. The molecule has 1 saturated carbocycles. The monoisotopic (exact) mass is 212 g/mol. The second kappa shape index (κ2) is 5.34. The molecule has 90 valence electrons. The zero-order valence-electron chi connectivity index (χ0n) is 10.9. The van der Waals surface area contributed by atoms with Crippen LogP contribution in [0.25, 0.3) is 0 Å². The van der Waals surface area contributed by atoms with E-state index in [1.54, 1.807) is 0 Å². The van der Waals surface area contributed by atoms with Crippen LogP contribution >= 0.6 is 0 Å². The van der Waals surface area contributed by atoms with Crippen molar-refractivity contribution in [2.45, 2.75) is 72.3 Å². The molecule has 0 aromatic heterocycles. The maximum Gasteiger partial charge on any atom is 0.0565 e. The van der Waals surface area contributed by atoms with Gasteiger partial charge in [0.15, 0.2) is 0 Å². The van der Waals surface area contributed by atoms with Gasteiger partial charge in [0.1, 0.15) is 0 Å². The lowest BCUT2D eigenvalue weighted by Gasteiger charge is -2.30. The van der Waals surface area contributed by atoms with Crippen molar-refractivity contribution in [2.24, 2.45) is 17.3 Å². The molecule has 0 saturated heterocycles. The molecule has 1 rings (SSSR count). The van der Waals surface area contributed by atoms with Gasteiger partial charge >= 0.3 is 0 Å². The fourth-order valence-corrected chi connectivity index (χ4v) is 2.91. The van der Waals surface area contributed by atoms with Crippen LogP contribution in [0.2, 0.25) is 0 Å². The quantitative estimate of drug-likeness (QED) is 0.686. The fourth-order valence-electron chi connectivity index (χ4n) is 2.91. The van der Waals surface area contributed by atoms with Crippen molar-refractivity contribution in [1.29, 1.82) is 0 Å². The summed E-state index contributed by atoms with van der Waals surface area (Å²) in [5.74, 6) is 1.42. The SMILES string of the molecule is CCC(O)C1CCCC(C(C)(C)C)CC1. The highest BCUT2D eigenvalue weighted by Crippen LogP contribution is 2.39. The van der Waals surface area contributed by atoms with Gasteiger partial charge < -0.3 is 5.11 Å². The Morgan fingerprint density at radius 1 is 1.13 bits per heavy atom. The Bertz CT molecular complexity index is 180. The third-order valence-electron chi connectivity index (χ3n) is 4.20. The van der Waals surface area contributed by atoms with E-state index in [9.17, 15) is 5.11 Å². The Morgan fingerprint density at radius 2 is 1.80 bits per heavy atom. The highest BCUT2D eigenvalue weighted by atomic mass is 16.3. The van der Waals surface area contributed by atoms with Crippen LogP contribution in [0.1, 0.15) is 66.2 Å². The molecule has 1 aliphatic rings. The molecule has 0 aliphatic heterocycles. The first-order valence-corrected chi connectivity index (χ1v) is 6.63. The van der Waals surface area contributed by atoms with Crippen LogP contribution in [0, 0.1) is 17.3 Å². The van der Waals surface area contributed by atoms with Crippen LogP contribution < -0.4 is 0 Å². The summed E-state index contributed by atoms with van der Waals surface area (Å²) < 4.78 is 0. The summed E-state index contributed by atoms with van der Waals surface area (Å²) in [7, 11) is 0. The second-order valence-corrected chi connectivity index (χ2v) is 6.31. The number of hydrogen-bond donors (Lipinski definition) is 1. The van der Waals surface area contributed by atoms with Gasteiger partial charge in [-0.15, -0.1) is 0 Å². The van der Waals surface area contributed by atoms with Gasteiger partial charge in [-0.1, -0.05) is 34.1 Å². The molecule has 0 amide bonds. The molecule has 3 unspecified atom stereocenters. The van der Waals surface area contributed by atoms with Gasteiger partial charge in [0.2, 0.25) is 0 Å². The molecule has 15 heavy (non-hydrogen) atoms. The first-order chi connectivity index (χ1) is 6.95. The first-order valence-electron chi connectivity index (χ1n) is 6.63. The lowest BCUT2D eigenvalue weighted by atomic mass is 9.76. The van der Waals surface area contributed by atoms with Crippen molar-refractivity contribution in [2.75, 3.05) is 0 Å². The van der Waals surface area contributed by atoms with Gasteiger partial charge in [-0.3, -0.25) is 0 Å². The van der Waals surface area contributed by atoms with Gasteiger partial charge in [-0.2, -0.15) is 0 Å². The number of aliphatic hydroxyl groups is 1. The van der Waals surface area contributed by atoms with Crippen molar-refractivity contribution in [1.82, 2.24) is 0 Å². The topological polar surface area (TPSA) is 20.2 Å². The third-order valence-corrected chi connectivity index (χ3v) is 4.20. The van der Waals surface area contributed by atoms with E-state index < -0.39 is 0 Å². The Hall–Kier alpha value is -0.0400. The maximum absolute atomic E-state index is 9.90. The molecule has 0 aromatic carbocycles. The second-order valence-electron chi connectivity index (χ2n) is 6.31. The van der Waals surface area contributed by atoms with Gasteiger partial charge in [0.05, 0.1) is 6.10 Å². The van der Waals surface area contributed by atoms with Crippen molar-refractivity contribution in [3.8, 4) is 0 Å². The zero-order valence-corrected chi connectivity index (χ0v) is 10.9. The molecule has 0 aromatic rings. The zero-order chi connectivity index (χ0) is 11.5. The number of hydrogen-bond acceptors (Lipinski definition) is 1. The van der Waals surface area contributed by atoms with Gasteiger partial charge in [0.25, 0.3) is 0 Å². The highest BCUT2D eigenvalue weighted by Gasteiger charge is 2.29.